The van der Waals surface area contributed by atoms with E-state index in [1.54, 1.807) is 13.8 Å². The molecule has 1 heterocycles. The van der Waals surface area contributed by atoms with Crippen LogP contribution < -0.4 is 5.73 Å². The second-order valence-electron chi connectivity index (χ2n) is 4.30. The molecule has 1 aromatic heterocycles. The van der Waals surface area contributed by atoms with Gasteiger partial charge in [-0.05, 0) is 38.8 Å². The Hall–Kier alpha value is -1.17. The van der Waals surface area contributed by atoms with E-state index >= 15 is 0 Å². The van der Waals surface area contributed by atoms with Gasteiger partial charge in [-0.15, -0.1) is 0 Å². The van der Waals surface area contributed by atoms with Gasteiger partial charge in [0.15, 0.2) is 0 Å². The molecule has 18 heavy (non-hydrogen) atoms. The van der Waals surface area contributed by atoms with Crippen molar-refractivity contribution >= 4 is 0 Å². The topological polar surface area (TPSA) is 51.8 Å². The minimum absolute atomic E-state index is 0.164. The summed E-state index contributed by atoms with van der Waals surface area (Å²) in [6.45, 7) is 4.18. The van der Waals surface area contributed by atoms with E-state index in [4.69, 9.17) is 5.73 Å². The molecule has 0 atom stereocenters. The van der Waals surface area contributed by atoms with Crippen LogP contribution in [0.15, 0.2) is 0 Å². The second kappa shape index (κ2) is 6.13. The molecule has 0 unspecified atom stereocenters. The van der Waals surface area contributed by atoms with Crippen LogP contribution in [0.5, 0.6) is 0 Å². The van der Waals surface area contributed by atoms with Crippen LogP contribution in [-0.4, -0.2) is 22.7 Å². The van der Waals surface area contributed by atoms with E-state index in [0.29, 0.717) is 6.54 Å². The third-order valence-electron chi connectivity index (χ3n) is 2.73. The number of rotatable bonds is 5. The summed E-state index contributed by atoms with van der Waals surface area (Å²) in [5.74, 6) is 0.263. The zero-order valence-corrected chi connectivity index (χ0v) is 10.6. The van der Waals surface area contributed by atoms with Gasteiger partial charge < -0.3 is 5.73 Å². The molecule has 1 aromatic rings. The van der Waals surface area contributed by atoms with Gasteiger partial charge in [-0.1, -0.05) is 0 Å². The monoisotopic (exact) mass is 261 g/mol. The molecule has 0 saturated carbocycles. The molecular formula is C12H18F3N3. The maximum Gasteiger partial charge on any atom is 0.389 e. The fraction of sp³-hybridized carbons (Fsp3) is 0.667. The molecule has 1 rings (SSSR count). The Morgan fingerprint density at radius 1 is 1.06 bits per heavy atom. The third kappa shape index (κ3) is 4.60. The number of nitrogens with zero attached hydrogens (tertiary/aromatic N) is 2. The van der Waals surface area contributed by atoms with Gasteiger partial charge in [-0.2, -0.15) is 13.2 Å². The Labute approximate surface area is 105 Å². The first-order chi connectivity index (χ1) is 8.33. The Morgan fingerprint density at radius 2 is 1.61 bits per heavy atom. The van der Waals surface area contributed by atoms with Gasteiger partial charge in [0.25, 0.3) is 0 Å². The lowest BCUT2D eigenvalue weighted by Crippen LogP contribution is -2.12. The lowest BCUT2D eigenvalue weighted by Gasteiger charge is -2.11. The molecule has 0 spiro atoms. The highest BCUT2D eigenvalue weighted by Gasteiger charge is 2.27. The Balaban J connectivity index is 2.79. The summed E-state index contributed by atoms with van der Waals surface area (Å²) in [6, 6.07) is 0. The minimum Gasteiger partial charge on any atom is -0.330 e. The molecular weight excluding hydrogens is 243 g/mol. The van der Waals surface area contributed by atoms with Crippen LogP contribution in [0, 0.1) is 13.8 Å². The second-order valence-corrected chi connectivity index (χ2v) is 4.30. The van der Waals surface area contributed by atoms with E-state index in [1.807, 2.05) is 0 Å². The summed E-state index contributed by atoms with van der Waals surface area (Å²) >= 11 is 0. The molecule has 0 aliphatic rings. The Kier molecular flexibility index (Phi) is 5.07. The van der Waals surface area contributed by atoms with Crippen LogP contribution in [0.3, 0.4) is 0 Å². The Morgan fingerprint density at radius 3 is 2.06 bits per heavy atom. The largest absolute Gasteiger partial charge is 0.389 e. The van der Waals surface area contributed by atoms with Crippen molar-refractivity contribution in [1.29, 1.82) is 0 Å². The third-order valence-corrected chi connectivity index (χ3v) is 2.73. The molecule has 0 saturated heterocycles. The summed E-state index contributed by atoms with van der Waals surface area (Å²) in [6.07, 6.45) is -3.61. The quantitative estimate of drug-likeness (QED) is 0.886. The van der Waals surface area contributed by atoms with Gasteiger partial charge in [0.1, 0.15) is 5.82 Å². The zero-order chi connectivity index (χ0) is 13.8. The van der Waals surface area contributed by atoms with E-state index in [-0.39, 0.29) is 12.2 Å². The fourth-order valence-electron chi connectivity index (χ4n) is 1.81. The zero-order valence-electron chi connectivity index (χ0n) is 10.6. The van der Waals surface area contributed by atoms with Crippen LogP contribution in [0.1, 0.15) is 35.6 Å². The smallest absolute Gasteiger partial charge is 0.330 e. The van der Waals surface area contributed by atoms with Crippen molar-refractivity contribution < 1.29 is 13.2 Å². The lowest BCUT2D eigenvalue weighted by atomic mass is 10.1. The van der Waals surface area contributed by atoms with Crippen LogP contribution in [-0.2, 0) is 12.8 Å². The number of alkyl halides is 3. The first kappa shape index (κ1) is 14.9. The SMILES string of the molecule is Cc1nc(CCC(F)(F)F)nc(C)c1CCCN. The predicted molar refractivity (Wildman–Crippen MR) is 63.3 cm³/mol. The first-order valence-electron chi connectivity index (χ1n) is 5.93. The average Bonchev–Trinajstić information content (AvgIpc) is 2.24. The summed E-state index contributed by atoms with van der Waals surface area (Å²) in [4.78, 5) is 8.28. The summed E-state index contributed by atoms with van der Waals surface area (Å²) in [5, 5.41) is 0. The highest BCUT2D eigenvalue weighted by atomic mass is 19.4. The molecule has 102 valence electrons. The van der Waals surface area contributed by atoms with E-state index in [2.05, 4.69) is 9.97 Å². The van der Waals surface area contributed by atoms with Crippen molar-refractivity contribution in [1.82, 2.24) is 9.97 Å². The average molecular weight is 261 g/mol. The van der Waals surface area contributed by atoms with Crippen molar-refractivity contribution in [3.63, 3.8) is 0 Å². The minimum atomic E-state index is -4.16. The molecule has 6 heteroatoms. The van der Waals surface area contributed by atoms with Crippen LogP contribution in [0.25, 0.3) is 0 Å². The summed E-state index contributed by atoms with van der Waals surface area (Å²) < 4.78 is 36.4. The molecule has 3 nitrogen and oxygen atoms in total. The molecule has 0 fully saturated rings. The van der Waals surface area contributed by atoms with Gasteiger partial charge in [0.05, 0.1) is 6.42 Å². The van der Waals surface area contributed by atoms with Crippen molar-refractivity contribution in [3.8, 4) is 0 Å². The molecule has 2 N–H and O–H groups in total. The highest BCUT2D eigenvalue weighted by Crippen LogP contribution is 2.22. The van der Waals surface area contributed by atoms with Gasteiger partial charge in [0, 0.05) is 17.8 Å². The van der Waals surface area contributed by atoms with Crippen LogP contribution >= 0.6 is 0 Å². The highest BCUT2D eigenvalue weighted by molar-refractivity contribution is 5.24. The normalized spacial score (nSPS) is 11.9. The van der Waals surface area contributed by atoms with Crippen molar-refractivity contribution in [2.24, 2.45) is 5.73 Å². The maximum atomic E-state index is 12.1. The molecule has 0 aromatic carbocycles. The van der Waals surface area contributed by atoms with Crippen molar-refractivity contribution in [2.75, 3.05) is 6.54 Å². The number of aromatic nitrogens is 2. The first-order valence-corrected chi connectivity index (χ1v) is 5.93. The van der Waals surface area contributed by atoms with Crippen LogP contribution in [0.2, 0.25) is 0 Å². The number of aryl methyl sites for hydroxylation is 3. The molecule has 0 amide bonds. The van der Waals surface area contributed by atoms with E-state index < -0.39 is 12.6 Å². The van der Waals surface area contributed by atoms with Gasteiger partial charge in [-0.25, -0.2) is 9.97 Å². The van der Waals surface area contributed by atoms with Crippen LogP contribution in [0.4, 0.5) is 13.2 Å². The lowest BCUT2D eigenvalue weighted by molar-refractivity contribution is -0.134. The van der Waals surface area contributed by atoms with Crippen molar-refractivity contribution in [3.05, 3.63) is 22.8 Å². The number of nitrogens with two attached hydrogens (primary N) is 1. The van der Waals surface area contributed by atoms with Gasteiger partial charge in [0.2, 0.25) is 0 Å². The van der Waals surface area contributed by atoms with Gasteiger partial charge in [-0.3, -0.25) is 0 Å². The maximum absolute atomic E-state index is 12.1. The van der Waals surface area contributed by atoms with E-state index in [9.17, 15) is 13.2 Å². The molecule has 0 radical (unpaired) electrons. The number of hydrogen-bond acceptors (Lipinski definition) is 3. The number of halogens is 3. The fourth-order valence-corrected chi connectivity index (χ4v) is 1.81. The van der Waals surface area contributed by atoms with E-state index in [0.717, 1.165) is 29.8 Å². The number of hydrogen-bond donors (Lipinski definition) is 1. The molecule has 0 bridgehead atoms. The van der Waals surface area contributed by atoms with E-state index in [1.165, 1.54) is 0 Å². The predicted octanol–water partition coefficient (Wildman–Crippen LogP) is 2.48. The Bertz CT molecular complexity index is 379. The summed E-state index contributed by atoms with van der Waals surface area (Å²) in [7, 11) is 0. The molecule has 0 aliphatic heterocycles. The van der Waals surface area contributed by atoms with Crippen molar-refractivity contribution in [2.45, 2.75) is 45.7 Å². The molecule has 0 aliphatic carbocycles. The summed E-state index contributed by atoms with van der Waals surface area (Å²) in [5.41, 5.74) is 7.95. The standard InChI is InChI=1S/C12H18F3N3/c1-8-10(4-3-7-16)9(2)18-11(17-8)5-6-12(13,14)15/h3-7,16H2,1-2H3. The van der Waals surface area contributed by atoms with Gasteiger partial charge >= 0.3 is 6.18 Å².